The van der Waals surface area contributed by atoms with Crippen LogP contribution in [0.3, 0.4) is 0 Å². The van der Waals surface area contributed by atoms with Gasteiger partial charge in [0.1, 0.15) is 0 Å². The van der Waals surface area contributed by atoms with Crippen molar-refractivity contribution < 1.29 is 0 Å². The Hall–Kier alpha value is -1.30. The fraction of sp³-hybridized carbons (Fsp3) is 0.767. The van der Waals surface area contributed by atoms with Gasteiger partial charge in [-0.15, -0.1) is 0 Å². The van der Waals surface area contributed by atoms with Crippen molar-refractivity contribution in [3.8, 4) is 0 Å². The molecule has 0 amide bonds. The highest BCUT2D eigenvalue weighted by Crippen LogP contribution is 2.46. The molecule has 0 radical (unpaired) electrons. The summed E-state index contributed by atoms with van der Waals surface area (Å²) in [6.45, 7) is 8.87. The van der Waals surface area contributed by atoms with Gasteiger partial charge in [0.25, 0.3) is 0 Å². The lowest BCUT2D eigenvalue weighted by Crippen LogP contribution is -2.25. The highest BCUT2D eigenvalue weighted by molar-refractivity contribution is 5.02. The highest BCUT2D eigenvalue weighted by Gasteiger charge is 2.31. The largest absolute Gasteiger partial charge is 0.0999 e. The first kappa shape index (κ1) is 39.7. The summed E-state index contributed by atoms with van der Waals surface area (Å²) in [6, 6.07) is 0. The van der Waals surface area contributed by atoms with E-state index in [1.165, 1.54) is 185 Å². The first-order valence-corrected chi connectivity index (χ1v) is 19.5. The second kappa shape index (κ2) is 30.7. The molecule has 0 heteroatoms. The van der Waals surface area contributed by atoms with Crippen molar-refractivity contribution in [3.63, 3.8) is 0 Å². The smallest absolute Gasteiger partial charge is 0.0169 e. The summed E-state index contributed by atoms with van der Waals surface area (Å²) in [5.74, 6) is 0. The monoisotopic (exact) mass is 593 g/mol. The molecule has 0 aliphatic heterocycles. The Morgan fingerprint density at radius 3 is 1.14 bits per heavy atom. The molecule has 0 spiro atoms. The van der Waals surface area contributed by atoms with Crippen LogP contribution in [-0.4, -0.2) is 0 Å². The van der Waals surface area contributed by atoms with Gasteiger partial charge in [0, 0.05) is 0 Å². The fourth-order valence-corrected chi connectivity index (χ4v) is 6.74. The predicted octanol–water partition coefficient (Wildman–Crippen LogP) is 15.5. The third kappa shape index (κ3) is 25.7. The normalized spacial score (nSPS) is 15.7. The van der Waals surface area contributed by atoms with Crippen LogP contribution in [0.25, 0.3) is 0 Å². The van der Waals surface area contributed by atoms with E-state index in [2.05, 4.69) is 69.0 Å². The van der Waals surface area contributed by atoms with Crippen LogP contribution in [0.15, 0.2) is 60.8 Å². The molecule has 1 rings (SSSR count). The molecule has 1 saturated carbocycles. The van der Waals surface area contributed by atoms with Crippen molar-refractivity contribution in [1.29, 1.82) is 0 Å². The van der Waals surface area contributed by atoms with Gasteiger partial charge in [0.05, 0.1) is 0 Å². The maximum atomic E-state index is 4.32. The van der Waals surface area contributed by atoms with Gasteiger partial charge in [-0.05, 0) is 108 Å². The van der Waals surface area contributed by atoms with Crippen LogP contribution in [0.5, 0.6) is 0 Å². The summed E-state index contributed by atoms with van der Waals surface area (Å²) in [7, 11) is 0. The Bertz CT molecular complexity index is 656. The molecule has 0 heterocycles. The zero-order chi connectivity index (χ0) is 30.9. The summed E-state index contributed by atoms with van der Waals surface area (Å²) >= 11 is 0. The third-order valence-corrected chi connectivity index (χ3v) is 9.83. The molecule has 0 unspecified atom stereocenters. The number of hydrogen-bond donors (Lipinski definition) is 0. The van der Waals surface area contributed by atoms with Crippen molar-refractivity contribution in [2.75, 3.05) is 0 Å². The first-order valence-electron chi connectivity index (χ1n) is 19.5. The van der Waals surface area contributed by atoms with Gasteiger partial charge in [-0.2, -0.15) is 0 Å². The molecule has 0 atom stereocenters. The standard InChI is InChI=1S/C43H76/c1-4-6-8-10-12-14-16-18-20-22-24-26-28-30-32-34-38-43(40-36-42(3)37-41-43)39-35-33-31-29-27-25-23-21-19-17-15-13-11-9-7-5-2/h12-15,18-21H,3-11,16-17,22-41H2,1-2H3/b14-12-,15-13-,20-18-,21-19-. The Morgan fingerprint density at radius 2 is 0.767 bits per heavy atom. The van der Waals surface area contributed by atoms with Crippen molar-refractivity contribution >= 4 is 0 Å². The van der Waals surface area contributed by atoms with Crippen molar-refractivity contribution in [1.82, 2.24) is 0 Å². The average Bonchev–Trinajstić information content (AvgIpc) is 3.02. The zero-order valence-corrected chi connectivity index (χ0v) is 29.5. The van der Waals surface area contributed by atoms with E-state index in [9.17, 15) is 0 Å². The van der Waals surface area contributed by atoms with E-state index in [0.29, 0.717) is 5.41 Å². The van der Waals surface area contributed by atoms with Crippen LogP contribution in [0.1, 0.15) is 206 Å². The number of hydrogen-bond acceptors (Lipinski definition) is 0. The van der Waals surface area contributed by atoms with Crippen LogP contribution < -0.4 is 0 Å². The molecule has 0 bridgehead atoms. The lowest BCUT2D eigenvalue weighted by atomic mass is 9.67. The SMILES string of the molecule is C=C1CCC(CCCCCCCC/C=C\C/C=C\CCCCC)(CCCCCCCC/C=C\C/C=C\CCCCC)CC1. The van der Waals surface area contributed by atoms with Gasteiger partial charge in [-0.25, -0.2) is 0 Å². The number of allylic oxidation sites excluding steroid dienone is 9. The maximum absolute atomic E-state index is 4.32. The third-order valence-electron chi connectivity index (χ3n) is 9.83. The second-order valence-corrected chi connectivity index (χ2v) is 13.9. The van der Waals surface area contributed by atoms with Gasteiger partial charge in [0.15, 0.2) is 0 Å². The molecule has 0 N–H and O–H groups in total. The average molecular weight is 593 g/mol. The van der Waals surface area contributed by atoms with E-state index < -0.39 is 0 Å². The molecule has 0 saturated heterocycles. The fourth-order valence-electron chi connectivity index (χ4n) is 6.74. The first-order chi connectivity index (χ1) is 21.2. The molecule has 248 valence electrons. The second-order valence-electron chi connectivity index (χ2n) is 13.9. The van der Waals surface area contributed by atoms with Gasteiger partial charge in [-0.3, -0.25) is 0 Å². The molecule has 0 nitrogen and oxygen atoms in total. The molecule has 1 fully saturated rings. The van der Waals surface area contributed by atoms with E-state index in [-0.39, 0.29) is 0 Å². The summed E-state index contributed by atoms with van der Waals surface area (Å²) < 4.78 is 0. The van der Waals surface area contributed by atoms with Crippen LogP contribution in [0, 0.1) is 5.41 Å². The van der Waals surface area contributed by atoms with Crippen molar-refractivity contribution in [2.24, 2.45) is 5.41 Å². The van der Waals surface area contributed by atoms with Crippen molar-refractivity contribution in [3.05, 3.63) is 60.8 Å². The molecule has 0 aromatic rings. The Morgan fingerprint density at radius 1 is 0.442 bits per heavy atom. The van der Waals surface area contributed by atoms with Crippen molar-refractivity contribution in [2.45, 2.75) is 206 Å². The number of unbranched alkanes of at least 4 members (excludes halogenated alkanes) is 18. The van der Waals surface area contributed by atoms with E-state index >= 15 is 0 Å². The Labute approximate surface area is 272 Å². The molecular weight excluding hydrogens is 516 g/mol. The molecule has 1 aliphatic rings. The van der Waals surface area contributed by atoms with Crippen LogP contribution in [-0.2, 0) is 0 Å². The lowest BCUT2D eigenvalue weighted by Gasteiger charge is -2.38. The molecule has 0 aromatic heterocycles. The van der Waals surface area contributed by atoms with Gasteiger partial charge >= 0.3 is 0 Å². The maximum Gasteiger partial charge on any atom is -0.0169 e. The van der Waals surface area contributed by atoms with Gasteiger partial charge in [-0.1, -0.05) is 164 Å². The minimum absolute atomic E-state index is 0.645. The quantitative estimate of drug-likeness (QED) is 0.0575. The van der Waals surface area contributed by atoms with E-state index in [1.54, 1.807) is 0 Å². The molecule has 0 aromatic carbocycles. The van der Waals surface area contributed by atoms with Gasteiger partial charge in [0.2, 0.25) is 0 Å². The van der Waals surface area contributed by atoms with Gasteiger partial charge < -0.3 is 0 Å². The number of rotatable bonds is 30. The highest BCUT2D eigenvalue weighted by atomic mass is 14.4. The summed E-state index contributed by atoms with van der Waals surface area (Å²) in [5.41, 5.74) is 2.16. The zero-order valence-electron chi connectivity index (χ0n) is 29.5. The van der Waals surface area contributed by atoms with Crippen LogP contribution in [0.2, 0.25) is 0 Å². The Balaban J connectivity index is 2.04. The van der Waals surface area contributed by atoms with E-state index in [1.807, 2.05) is 0 Å². The summed E-state index contributed by atoms with van der Waals surface area (Å²) in [6.07, 6.45) is 59.9. The molecule has 43 heavy (non-hydrogen) atoms. The minimum atomic E-state index is 0.645. The van der Waals surface area contributed by atoms with Crippen LogP contribution >= 0.6 is 0 Å². The summed E-state index contributed by atoms with van der Waals surface area (Å²) in [4.78, 5) is 0. The minimum Gasteiger partial charge on any atom is -0.0999 e. The van der Waals surface area contributed by atoms with Crippen LogP contribution in [0.4, 0.5) is 0 Å². The Kier molecular flexibility index (Phi) is 28.4. The topological polar surface area (TPSA) is 0 Å². The van der Waals surface area contributed by atoms with E-state index in [0.717, 1.165) is 12.8 Å². The predicted molar refractivity (Wildman–Crippen MR) is 198 cm³/mol. The van der Waals surface area contributed by atoms with E-state index in [4.69, 9.17) is 0 Å². The summed E-state index contributed by atoms with van der Waals surface area (Å²) in [5, 5.41) is 0. The molecule has 1 aliphatic carbocycles. The molecular formula is C43H76. The lowest BCUT2D eigenvalue weighted by molar-refractivity contribution is 0.167.